The van der Waals surface area contributed by atoms with Crippen LogP contribution in [0.5, 0.6) is 5.75 Å². The van der Waals surface area contributed by atoms with Crippen molar-refractivity contribution in [3.8, 4) is 5.75 Å². The summed E-state index contributed by atoms with van der Waals surface area (Å²) in [6.07, 6.45) is 11.4. The third kappa shape index (κ3) is 6.40. The van der Waals surface area contributed by atoms with Crippen LogP contribution in [0.3, 0.4) is 0 Å². The van der Waals surface area contributed by atoms with Crippen molar-refractivity contribution in [1.82, 2.24) is 0 Å². The van der Waals surface area contributed by atoms with Gasteiger partial charge in [0.25, 0.3) is 0 Å². The van der Waals surface area contributed by atoms with Gasteiger partial charge in [-0.2, -0.15) is 13.2 Å². The molecule has 0 unspecified atom stereocenters. The minimum absolute atomic E-state index is 0.0486. The molecule has 0 spiro atoms. The van der Waals surface area contributed by atoms with Crippen molar-refractivity contribution in [2.75, 3.05) is 6.61 Å². The molecule has 1 aromatic rings. The number of benzene rings is 1. The highest BCUT2D eigenvalue weighted by molar-refractivity contribution is 5.98. The van der Waals surface area contributed by atoms with E-state index in [0.29, 0.717) is 5.92 Å². The van der Waals surface area contributed by atoms with Gasteiger partial charge < -0.3 is 4.74 Å². The van der Waals surface area contributed by atoms with Crippen molar-refractivity contribution in [3.63, 3.8) is 0 Å². The number of rotatable bonds is 7. The highest BCUT2D eigenvalue weighted by Crippen LogP contribution is 2.46. The van der Waals surface area contributed by atoms with Gasteiger partial charge in [0.15, 0.2) is 17.3 Å². The van der Waals surface area contributed by atoms with E-state index in [4.69, 9.17) is 4.74 Å². The Balaban J connectivity index is 1.30. The summed E-state index contributed by atoms with van der Waals surface area (Å²) in [6, 6.07) is 2.22. The Morgan fingerprint density at radius 2 is 1.34 bits per heavy atom. The monoisotopic (exact) mass is 496 g/mol. The van der Waals surface area contributed by atoms with E-state index in [1.807, 2.05) is 0 Å². The molecule has 196 valence electrons. The van der Waals surface area contributed by atoms with Crippen LogP contribution in [0, 0.1) is 35.4 Å². The highest BCUT2D eigenvalue weighted by Gasteiger charge is 2.41. The molecule has 3 saturated carbocycles. The summed E-state index contributed by atoms with van der Waals surface area (Å²) < 4.78 is 60.4. The van der Waals surface area contributed by atoms with Gasteiger partial charge in [0, 0.05) is 12.0 Å². The maximum atomic E-state index is 14.6. The van der Waals surface area contributed by atoms with Crippen LogP contribution in [0.1, 0.15) is 113 Å². The average molecular weight is 497 g/mol. The molecule has 0 aromatic heterocycles. The molecule has 4 rings (SSSR count). The van der Waals surface area contributed by atoms with Crippen molar-refractivity contribution >= 4 is 5.78 Å². The predicted octanol–water partition coefficient (Wildman–Crippen LogP) is 9.01. The van der Waals surface area contributed by atoms with Gasteiger partial charge in [0.05, 0.1) is 6.61 Å². The molecule has 0 saturated heterocycles. The molecule has 3 aliphatic carbocycles. The van der Waals surface area contributed by atoms with E-state index >= 15 is 0 Å². The van der Waals surface area contributed by atoms with Crippen LogP contribution in [0.4, 0.5) is 17.6 Å². The molecule has 6 heteroatoms. The second kappa shape index (κ2) is 11.6. The first-order valence-corrected chi connectivity index (χ1v) is 13.8. The standard InChI is InChI=1S/C29H40F4O2/c1-2-35-26-17-16-24(27(28(26)30)29(31,32)33)25(34)18-19-8-10-21(11-9-19)23-14-12-22(13-15-23)20-6-4-3-5-7-20/h16-17,19-23H,2-15,18H2,1H3. The van der Waals surface area contributed by atoms with E-state index in [1.165, 1.54) is 57.8 Å². The Labute approximate surface area is 207 Å². The van der Waals surface area contributed by atoms with Crippen LogP contribution in [-0.2, 0) is 6.18 Å². The molecule has 2 nitrogen and oxygen atoms in total. The maximum Gasteiger partial charge on any atom is 0.420 e. The Morgan fingerprint density at radius 1 is 0.829 bits per heavy atom. The molecular formula is C29H40F4O2. The van der Waals surface area contributed by atoms with Crippen LogP contribution in [0.2, 0.25) is 0 Å². The topological polar surface area (TPSA) is 26.3 Å². The number of carbonyl (C=O) groups excluding carboxylic acids is 1. The van der Waals surface area contributed by atoms with Gasteiger partial charge in [-0.15, -0.1) is 0 Å². The Hall–Kier alpha value is -1.59. The Kier molecular flexibility index (Phi) is 8.80. The van der Waals surface area contributed by atoms with Crippen LogP contribution < -0.4 is 4.74 Å². The second-order valence-electron chi connectivity index (χ2n) is 11.2. The van der Waals surface area contributed by atoms with Crippen LogP contribution in [0.15, 0.2) is 12.1 Å². The zero-order valence-electron chi connectivity index (χ0n) is 21.0. The number of carbonyl (C=O) groups is 1. The lowest BCUT2D eigenvalue weighted by Gasteiger charge is -2.40. The SMILES string of the molecule is CCOc1ccc(C(=O)CC2CCC(C3CCC(C4CCCCC4)CC3)CC2)c(C(F)(F)F)c1F. The first-order valence-electron chi connectivity index (χ1n) is 13.8. The molecule has 3 fully saturated rings. The number of halogens is 4. The molecule has 0 atom stereocenters. The number of alkyl halides is 3. The summed E-state index contributed by atoms with van der Waals surface area (Å²) in [5.74, 6) is 0.820. The summed E-state index contributed by atoms with van der Waals surface area (Å²) in [7, 11) is 0. The zero-order chi connectivity index (χ0) is 25.0. The van der Waals surface area contributed by atoms with Gasteiger partial charge in [-0.1, -0.05) is 32.1 Å². The smallest absolute Gasteiger partial charge is 0.420 e. The van der Waals surface area contributed by atoms with Gasteiger partial charge in [-0.3, -0.25) is 4.79 Å². The van der Waals surface area contributed by atoms with Gasteiger partial charge >= 0.3 is 6.18 Å². The Morgan fingerprint density at radius 3 is 1.86 bits per heavy atom. The summed E-state index contributed by atoms with van der Waals surface area (Å²) in [5.41, 5.74) is -2.06. The molecule has 3 aliphatic rings. The fourth-order valence-corrected chi connectivity index (χ4v) is 7.26. The third-order valence-electron chi connectivity index (χ3n) is 9.16. The lowest BCUT2D eigenvalue weighted by Crippen LogP contribution is -2.29. The second-order valence-corrected chi connectivity index (χ2v) is 11.2. The van der Waals surface area contributed by atoms with Gasteiger partial charge in [-0.25, -0.2) is 4.39 Å². The highest BCUT2D eigenvalue weighted by atomic mass is 19.4. The van der Waals surface area contributed by atoms with E-state index in [-0.39, 0.29) is 18.9 Å². The minimum atomic E-state index is -4.95. The molecule has 35 heavy (non-hydrogen) atoms. The lowest BCUT2D eigenvalue weighted by atomic mass is 9.65. The number of Topliss-reactive ketones (excluding diaryl/α,β-unsaturated/α-hetero) is 1. The van der Waals surface area contributed by atoms with E-state index in [2.05, 4.69) is 0 Å². The quantitative estimate of drug-likeness (QED) is 0.278. The molecule has 0 amide bonds. The van der Waals surface area contributed by atoms with Crippen molar-refractivity contribution in [1.29, 1.82) is 0 Å². The van der Waals surface area contributed by atoms with Crippen molar-refractivity contribution < 1.29 is 27.1 Å². The van der Waals surface area contributed by atoms with Crippen molar-refractivity contribution in [2.24, 2.45) is 29.6 Å². The summed E-state index contributed by atoms with van der Waals surface area (Å²) in [5, 5.41) is 0. The lowest BCUT2D eigenvalue weighted by molar-refractivity contribution is -0.140. The van der Waals surface area contributed by atoms with Gasteiger partial charge in [-0.05, 0) is 100 Å². The fraction of sp³-hybridized carbons (Fsp3) is 0.759. The van der Waals surface area contributed by atoms with Crippen LogP contribution in [0.25, 0.3) is 0 Å². The molecule has 0 heterocycles. The molecular weight excluding hydrogens is 456 g/mol. The van der Waals surface area contributed by atoms with Crippen molar-refractivity contribution in [2.45, 2.75) is 103 Å². The number of hydrogen-bond acceptors (Lipinski definition) is 2. The normalized spacial score (nSPS) is 28.6. The van der Waals surface area contributed by atoms with Crippen LogP contribution >= 0.6 is 0 Å². The van der Waals surface area contributed by atoms with E-state index in [1.54, 1.807) is 6.92 Å². The van der Waals surface area contributed by atoms with E-state index in [9.17, 15) is 22.4 Å². The summed E-state index contributed by atoms with van der Waals surface area (Å²) in [4.78, 5) is 12.9. The van der Waals surface area contributed by atoms with Crippen molar-refractivity contribution in [3.05, 3.63) is 29.1 Å². The predicted molar refractivity (Wildman–Crippen MR) is 129 cm³/mol. The largest absolute Gasteiger partial charge is 0.491 e. The van der Waals surface area contributed by atoms with E-state index in [0.717, 1.165) is 55.6 Å². The van der Waals surface area contributed by atoms with Gasteiger partial charge in [0.1, 0.15) is 5.56 Å². The Bertz CT molecular complexity index is 843. The molecule has 0 radical (unpaired) electrons. The first kappa shape index (κ1) is 26.5. The molecule has 0 bridgehead atoms. The number of hydrogen-bond donors (Lipinski definition) is 0. The zero-order valence-corrected chi connectivity index (χ0v) is 21.0. The minimum Gasteiger partial charge on any atom is -0.491 e. The number of ketones is 1. The molecule has 1 aromatic carbocycles. The van der Waals surface area contributed by atoms with E-state index < -0.39 is 34.7 Å². The maximum absolute atomic E-state index is 14.6. The summed E-state index contributed by atoms with van der Waals surface area (Å²) >= 11 is 0. The summed E-state index contributed by atoms with van der Waals surface area (Å²) in [6.45, 7) is 1.62. The van der Waals surface area contributed by atoms with Crippen LogP contribution in [-0.4, -0.2) is 12.4 Å². The third-order valence-corrected chi connectivity index (χ3v) is 9.16. The molecule has 0 N–H and O–H groups in total. The fourth-order valence-electron chi connectivity index (χ4n) is 7.26. The first-order chi connectivity index (χ1) is 16.8. The average Bonchev–Trinajstić information content (AvgIpc) is 2.85. The van der Waals surface area contributed by atoms with Gasteiger partial charge in [0.2, 0.25) is 0 Å². The molecule has 0 aliphatic heterocycles. The number of ether oxygens (including phenoxy) is 1.